The molecule has 0 atom stereocenters. The molecule has 21 heavy (non-hydrogen) atoms. The number of hydrogen-bond donors (Lipinski definition) is 3. The molecule has 9 heteroatoms. The van der Waals surface area contributed by atoms with Crippen molar-refractivity contribution in [1.29, 1.82) is 0 Å². The van der Waals surface area contributed by atoms with Gasteiger partial charge in [0.25, 0.3) is 0 Å². The maximum atomic E-state index is 12.4. The van der Waals surface area contributed by atoms with Gasteiger partial charge >= 0.3 is 0 Å². The summed E-state index contributed by atoms with van der Waals surface area (Å²) in [6, 6.07) is 0. The molecule has 0 fully saturated rings. The van der Waals surface area contributed by atoms with Crippen molar-refractivity contribution in [1.82, 2.24) is 25.2 Å². The number of aromatic amines is 1. The monoisotopic (exact) mass is 329 g/mol. The Labute approximate surface area is 128 Å². The van der Waals surface area contributed by atoms with Gasteiger partial charge in [0.15, 0.2) is 0 Å². The van der Waals surface area contributed by atoms with Gasteiger partial charge < -0.3 is 5.32 Å². The Morgan fingerprint density at radius 3 is 2.90 bits per heavy atom. The first-order valence-electron chi connectivity index (χ1n) is 6.67. The van der Waals surface area contributed by atoms with Crippen LogP contribution in [0.15, 0.2) is 16.5 Å². The molecule has 2 heterocycles. The largest absolute Gasteiger partial charge is 0.311 e. The lowest BCUT2D eigenvalue weighted by Gasteiger charge is -2.07. The van der Waals surface area contributed by atoms with E-state index in [1.807, 2.05) is 12.3 Å². The van der Waals surface area contributed by atoms with Crippen LogP contribution in [0.2, 0.25) is 0 Å². The molecule has 0 radical (unpaired) electrons. The second-order valence-electron chi connectivity index (χ2n) is 4.48. The van der Waals surface area contributed by atoms with E-state index >= 15 is 0 Å². The number of thiazole rings is 1. The molecule has 0 amide bonds. The van der Waals surface area contributed by atoms with Crippen molar-refractivity contribution >= 4 is 21.4 Å². The van der Waals surface area contributed by atoms with E-state index in [1.54, 1.807) is 13.1 Å². The summed E-state index contributed by atoms with van der Waals surface area (Å²) in [5, 5.41) is 12.7. The third-order valence-electron chi connectivity index (χ3n) is 2.89. The van der Waals surface area contributed by atoms with Gasteiger partial charge in [0.1, 0.15) is 4.90 Å². The van der Waals surface area contributed by atoms with Crippen molar-refractivity contribution in [3.8, 4) is 0 Å². The molecule has 2 rings (SSSR count). The Balaban J connectivity index is 2.06. The molecule has 0 aliphatic carbocycles. The number of rotatable bonds is 8. The minimum atomic E-state index is -3.57. The first-order chi connectivity index (χ1) is 10.0. The zero-order valence-electron chi connectivity index (χ0n) is 12.0. The summed E-state index contributed by atoms with van der Waals surface area (Å²) < 4.78 is 27.4. The second-order valence-corrected chi connectivity index (χ2v) is 7.16. The molecule has 7 nitrogen and oxygen atoms in total. The molecule has 116 valence electrons. The summed E-state index contributed by atoms with van der Waals surface area (Å²) in [5.74, 6) is 0. The summed E-state index contributed by atoms with van der Waals surface area (Å²) in [6.07, 6.45) is 2.29. The van der Waals surface area contributed by atoms with Crippen molar-refractivity contribution in [2.24, 2.45) is 0 Å². The van der Waals surface area contributed by atoms with Crippen molar-refractivity contribution in [3.05, 3.63) is 28.0 Å². The highest BCUT2D eigenvalue weighted by Gasteiger charge is 2.23. The van der Waals surface area contributed by atoms with Crippen molar-refractivity contribution < 1.29 is 8.42 Å². The number of aryl methyl sites for hydroxylation is 1. The average molecular weight is 329 g/mol. The second kappa shape index (κ2) is 7.12. The fourth-order valence-corrected chi connectivity index (χ4v) is 3.94. The molecule has 0 aliphatic rings. The van der Waals surface area contributed by atoms with Crippen LogP contribution >= 0.6 is 11.3 Å². The predicted molar refractivity (Wildman–Crippen MR) is 81.7 cm³/mol. The van der Waals surface area contributed by atoms with Gasteiger partial charge in [-0.05, 0) is 13.5 Å². The van der Waals surface area contributed by atoms with Crippen LogP contribution < -0.4 is 10.0 Å². The standard InChI is InChI=1S/C12H19N5O2S2/c1-3-13-8-10-12(9(2)16-17-10)21(18,19)15-5-4-11-14-6-7-20-11/h6-7,13,15H,3-5,8H2,1-2H3,(H,16,17). The summed E-state index contributed by atoms with van der Waals surface area (Å²) in [5.41, 5.74) is 1.06. The van der Waals surface area contributed by atoms with Crippen molar-refractivity contribution in [3.63, 3.8) is 0 Å². The lowest BCUT2D eigenvalue weighted by molar-refractivity contribution is 0.578. The summed E-state index contributed by atoms with van der Waals surface area (Å²) in [7, 11) is -3.57. The fraction of sp³-hybridized carbons (Fsp3) is 0.500. The zero-order valence-corrected chi connectivity index (χ0v) is 13.6. The third-order valence-corrected chi connectivity index (χ3v) is 5.39. The van der Waals surface area contributed by atoms with Crippen molar-refractivity contribution in [2.45, 2.75) is 31.7 Å². The van der Waals surface area contributed by atoms with Gasteiger partial charge in [-0.15, -0.1) is 11.3 Å². The fourth-order valence-electron chi connectivity index (χ4n) is 1.93. The van der Waals surface area contributed by atoms with Gasteiger partial charge in [0, 0.05) is 31.1 Å². The number of hydrogen-bond acceptors (Lipinski definition) is 6. The minimum absolute atomic E-state index is 0.239. The van der Waals surface area contributed by atoms with E-state index in [1.165, 1.54) is 11.3 Å². The maximum absolute atomic E-state index is 12.4. The molecule has 0 spiro atoms. The zero-order chi connectivity index (χ0) is 15.3. The van der Waals surface area contributed by atoms with E-state index < -0.39 is 10.0 Å². The van der Waals surface area contributed by atoms with Gasteiger partial charge in [0.05, 0.1) is 16.4 Å². The number of nitrogens with zero attached hydrogens (tertiary/aromatic N) is 2. The number of nitrogens with one attached hydrogen (secondary N) is 3. The molecule has 0 unspecified atom stereocenters. The van der Waals surface area contributed by atoms with E-state index in [0.29, 0.717) is 30.9 Å². The maximum Gasteiger partial charge on any atom is 0.244 e. The molecule has 0 saturated heterocycles. The quantitative estimate of drug-likeness (QED) is 0.665. The number of H-pyrrole nitrogens is 1. The smallest absolute Gasteiger partial charge is 0.244 e. The Bertz CT molecular complexity index is 664. The molecule has 2 aromatic heterocycles. The van der Waals surface area contributed by atoms with E-state index in [-0.39, 0.29) is 4.90 Å². The number of aromatic nitrogens is 3. The van der Waals surface area contributed by atoms with Gasteiger partial charge in [-0.2, -0.15) is 5.10 Å². The third kappa shape index (κ3) is 4.10. The molecule has 0 bridgehead atoms. The van der Waals surface area contributed by atoms with Gasteiger partial charge in [-0.3, -0.25) is 5.10 Å². The van der Waals surface area contributed by atoms with Crippen LogP contribution in [0.4, 0.5) is 0 Å². The van der Waals surface area contributed by atoms with Crippen LogP contribution in [-0.2, 0) is 23.0 Å². The van der Waals surface area contributed by atoms with Crippen LogP contribution in [-0.4, -0.2) is 36.7 Å². The van der Waals surface area contributed by atoms with Gasteiger partial charge in [-0.1, -0.05) is 6.92 Å². The van der Waals surface area contributed by atoms with E-state index in [0.717, 1.165) is 11.6 Å². The highest BCUT2D eigenvalue weighted by atomic mass is 32.2. The molecular formula is C12H19N5O2S2. The molecule has 2 aromatic rings. The lowest BCUT2D eigenvalue weighted by Crippen LogP contribution is -2.28. The Kier molecular flexibility index (Phi) is 5.45. The summed E-state index contributed by atoms with van der Waals surface area (Å²) >= 11 is 1.51. The van der Waals surface area contributed by atoms with Gasteiger partial charge in [0.2, 0.25) is 10.0 Å². The lowest BCUT2D eigenvalue weighted by atomic mass is 10.3. The molecule has 0 saturated carbocycles. The van der Waals surface area contributed by atoms with E-state index in [2.05, 4.69) is 25.2 Å². The van der Waals surface area contributed by atoms with E-state index in [4.69, 9.17) is 0 Å². The highest BCUT2D eigenvalue weighted by molar-refractivity contribution is 7.89. The highest BCUT2D eigenvalue weighted by Crippen LogP contribution is 2.17. The SMILES string of the molecule is CCNCc1n[nH]c(C)c1S(=O)(=O)NCCc1nccs1. The predicted octanol–water partition coefficient (Wildman–Crippen LogP) is 0.805. The van der Waals surface area contributed by atoms with E-state index in [9.17, 15) is 8.42 Å². The van der Waals surface area contributed by atoms with Crippen LogP contribution in [0, 0.1) is 6.92 Å². The molecular weight excluding hydrogens is 310 g/mol. The Morgan fingerprint density at radius 1 is 1.43 bits per heavy atom. The molecule has 0 aromatic carbocycles. The van der Waals surface area contributed by atoms with Gasteiger partial charge in [-0.25, -0.2) is 18.1 Å². The molecule has 3 N–H and O–H groups in total. The Hall–Kier alpha value is -1.29. The average Bonchev–Trinajstić information content (AvgIpc) is 3.06. The Morgan fingerprint density at radius 2 is 2.24 bits per heavy atom. The number of sulfonamides is 1. The first kappa shape index (κ1) is 16.1. The minimum Gasteiger partial charge on any atom is -0.311 e. The van der Waals surface area contributed by atoms with Crippen LogP contribution in [0.5, 0.6) is 0 Å². The molecule has 0 aliphatic heterocycles. The van der Waals surface area contributed by atoms with Crippen LogP contribution in [0.1, 0.15) is 23.3 Å². The topological polar surface area (TPSA) is 99.8 Å². The summed E-state index contributed by atoms with van der Waals surface area (Å²) in [4.78, 5) is 4.37. The van der Waals surface area contributed by atoms with Crippen LogP contribution in [0.25, 0.3) is 0 Å². The normalized spacial score (nSPS) is 11.9. The van der Waals surface area contributed by atoms with Crippen molar-refractivity contribution in [2.75, 3.05) is 13.1 Å². The first-order valence-corrected chi connectivity index (χ1v) is 9.03. The van der Waals surface area contributed by atoms with Crippen LogP contribution in [0.3, 0.4) is 0 Å². The summed E-state index contributed by atoms with van der Waals surface area (Å²) in [6.45, 7) is 5.16.